The first kappa shape index (κ1) is 27.2. The quantitative estimate of drug-likeness (QED) is 0.514. The number of primary amides is 1. The van der Waals surface area contributed by atoms with Crippen molar-refractivity contribution >= 4 is 40.8 Å². The van der Waals surface area contributed by atoms with Crippen LogP contribution in [-0.4, -0.2) is 65.2 Å². The molecule has 0 unspecified atom stereocenters. The number of nitrogens with two attached hydrogens (primary N) is 1. The number of hydrogen-bond donors (Lipinski definition) is 3. The van der Waals surface area contributed by atoms with E-state index in [1.54, 1.807) is 31.7 Å². The fraction of sp³-hybridized carbons (Fsp3) is 0.481. The monoisotopic (exact) mass is 526 g/mol. The molecule has 0 saturated carbocycles. The highest BCUT2D eigenvalue weighted by atomic mass is 19.1. The molecule has 10 nitrogen and oxygen atoms in total. The summed E-state index contributed by atoms with van der Waals surface area (Å²) in [5.74, 6) is -0.135. The number of nitrogens with one attached hydrogen (secondary N) is 2. The number of pyridine rings is 1. The molecule has 2 fully saturated rings. The van der Waals surface area contributed by atoms with Crippen molar-refractivity contribution in [2.45, 2.75) is 64.3 Å². The number of carbonyl (C=O) groups is 3. The van der Waals surface area contributed by atoms with Crippen LogP contribution >= 0.6 is 0 Å². The number of rotatable bonds is 6. The van der Waals surface area contributed by atoms with E-state index in [9.17, 15) is 14.4 Å². The van der Waals surface area contributed by atoms with Crippen LogP contribution < -0.4 is 21.3 Å². The van der Waals surface area contributed by atoms with Crippen LogP contribution in [0, 0.1) is 0 Å². The Hall–Kier alpha value is -3.89. The van der Waals surface area contributed by atoms with Crippen LogP contribution in [0.15, 0.2) is 36.5 Å². The van der Waals surface area contributed by atoms with Gasteiger partial charge < -0.3 is 30.9 Å². The third-order valence-corrected chi connectivity index (χ3v) is 6.48. The van der Waals surface area contributed by atoms with E-state index < -0.39 is 29.8 Å². The number of ether oxygens (including phenoxy) is 1. The number of halogens is 1. The van der Waals surface area contributed by atoms with E-state index in [0.29, 0.717) is 37.4 Å². The summed E-state index contributed by atoms with van der Waals surface area (Å²) in [6.07, 6.45) is 2.19. The standard InChI is InChI=1S/C27H35FN6O4/c1-27(2,3)38-26(37)33-13-11-21(20(28)16-33)32-22-14-23(30-15-19(22)25(29)36)31-17-7-9-18(10-8-17)34-12-5-4-6-24(34)35/h7-10,14-15,20-21H,4-6,11-13,16H2,1-3H3,(H2,29,36)(H2,30,31,32)/t20-,21+/m0/s1. The lowest BCUT2D eigenvalue weighted by Gasteiger charge is -2.36. The van der Waals surface area contributed by atoms with Crippen LogP contribution in [-0.2, 0) is 9.53 Å². The van der Waals surface area contributed by atoms with Crippen LogP contribution in [0.2, 0.25) is 0 Å². The van der Waals surface area contributed by atoms with E-state index in [-0.39, 0.29) is 18.0 Å². The highest BCUT2D eigenvalue weighted by Gasteiger charge is 2.34. The molecule has 2 aliphatic heterocycles. The molecule has 1 aromatic carbocycles. The molecular formula is C27H35FN6O4. The Morgan fingerprint density at radius 1 is 1.16 bits per heavy atom. The van der Waals surface area contributed by atoms with Crippen molar-refractivity contribution in [3.05, 3.63) is 42.1 Å². The van der Waals surface area contributed by atoms with E-state index in [1.165, 1.54) is 11.1 Å². The number of likely N-dealkylation sites (tertiary alicyclic amines) is 1. The highest BCUT2D eigenvalue weighted by molar-refractivity contribution is 5.98. The maximum Gasteiger partial charge on any atom is 0.410 e. The maximum atomic E-state index is 15.1. The number of nitrogens with zero attached hydrogens (tertiary/aromatic N) is 3. The Balaban J connectivity index is 1.44. The van der Waals surface area contributed by atoms with Crippen LogP contribution in [0.5, 0.6) is 0 Å². The molecule has 2 atom stereocenters. The van der Waals surface area contributed by atoms with Crippen molar-refractivity contribution in [1.82, 2.24) is 9.88 Å². The SMILES string of the molecule is CC(C)(C)OC(=O)N1CC[C@@H](Nc2cc(Nc3ccc(N4CCCCC4=O)cc3)ncc2C(N)=O)[C@@H](F)C1. The van der Waals surface area contributed by atoms with Gasteiger partial charge in [-0.25, -0.2) is 14.2 Å². The molecule has 4 rings (SSSR count). The van der Waals surface area contributed by atoms with E-state index >= 15 is 4.39 Å². The largest absolute Gasteiger partial charge is 0.444 e. The number of benzene rings is 1. The summed E-state index contributed by atoms with van der Waals surface area (Å²) >= 11 is 0. The second-order valence-corrected chi connectivity index (χ2v) is 10.6. The average molecular weight is 527 g/mol. The Labute approximate surface area is 221 Å². The van der Waals surface area contributed by atoms with Gasteiger partial charge in [0, 0.05) is 43.1 Å². The minimum absolute atomic E-state index is 0.124. The van der Waals surface area contributed by atoms with Gasteiger partial charge in [0.1, 0.15) is 17.6 Å². The second-order valence-electron chi connectivity index (χ2n) is 10.6. The van der Waals surface area contributed by atoms with Gasteiger partial charge in [0.05, 0.1) is 23.8 Å². The summed E-state index contributed by atoms with van der Waals surface area (Å²) in [6.45, 7) is 6.17. The molecular weight excluding hydrogens is 491 g/mol. The highest BCUT2D eigenvalue weighted by Crippen LogP contribution is 2.28. The minimum Gasteiger partial charge on any atom is -0.444 e. The van der Waals surface area contributed by atoms with Crippen LogP contribution in [0.4, 0.5) is 32.1 Å². The van der Waals surface area contributed by atoms with Gasteiger partial charge in [-0.2, -0.15) is 0 Å². The normalized spacial score (nSPS) is 20.2. The number of carbonyl (C=O) groups excluding carboxylic acids is 3. The lowest BCUT2D eigenvalue weighted by atomic mass is 10.0. The number of hydrogen-bond acceptors (Lipinski definition) is 7. The maximum absolute atomic E-state index is 15.1. The van der Waals surface area contributed by atoms with Gasteiger partial charge in [0.25, 0.3) is 5.91 Å². The van der Waals surface area contributed by atoms with E-state index in [4.69, 9.17) is 10.5 Å². The zero-order valence-corrected chi connectivity index (χ0v) is 22.0. The van der Waals surface area contributed by atoms with Crippen LogP contribution in [0.3, 0.4) is 0 Å². The van der Waals surface area contributed by atoms with Gasteiger partial charge in [-0.3, -0.25) is 9.59 Å². The van der Waals surface area contributed by atoms with Crippen molar-refractivity contribution in [1.29, 1.82) is 0 Å². The number of alkyl halides is 1. The topological polar surface area (TPSA) is 130 Å². The lowest BCUT2D eigenvalue weighted by molar-refractivity contribution is -0.119. The summed E-state index contributed by atoms with van der Waals surface area (Å²) in [5.41, 5.74) is 6.93. The van der Waals surface area contributed by atoms with Crippen LogP contribution in [0.25, 0.3) is 0 Å². The molecule has 204 valence electrons. The third-order valence-electron chi connectivity index (χ3n) is 6.48. The molecule has 0 spiro atoms. The smallest absolute Gasteiger partial charge is 0.410 e. The first-order chi connectivity index (χ1) is 18.0. The van der Waals surface area contributed by atoms with Gasteiger partial charge in [0.2, 0.25) is 5.91 Å². The summed E-state index contributed by atoms with van der Waals surface area (Å²) < 4.78 is 20.4. The number of anilines is 4. The van der Waals surface area contributed by atoms with Gasteiger partial charge in [-0.15, -0.1) is 0 Å². The molecule has 38 heavy (non-hydrogen) atoms. The summed E-state index contributed by atoms with van der Waals surface area (Å²) in [4.78, 5) is 44.0. The van der Waals surface area contributed by atoms with Crippen molar-refractivity contribution < 1.29 is 23.5 Å². The molecule has 3 amide bonds. The first-order valence-corrected chi connectivity index (χ1v) is 12.9. The zero-order valence-electron chi connectivity index (χ0n) is 22.0. The predicted octanol–water partition coefficient (Wildman–Crippen LogP) is 4.20. The molecule has 3 heterocycles. The molecule has 0 radical (unpaired) electrons. The molecule has 1 aromatic heterocycles. The van der Waals surface area contributed by atoms with Gasteiger partial charge >= 0.3 is 6.09 Å². The fourth-order valence-electron chi connectivity index (χ4n) is 4.55. The Morgan fingerprint density at radius 2 is 1.89 bits per heavy atom. The Bertz CT molecular complexity index is 1180. The number of piperidine rings is 2. The molecule has 2 saturated heterocycles. The Kier molecular flexibility index (Phi) is 8.03. The molecule has 2 aromatic rings. The van der Waals surface area contributed by atoms with E-state index in [2.05, 4.69) is 15.6 Å². The van der Waals surface area contributed by atoms with Gasteiger partial charge in [-0.1, -0.05) is 0 Å². The summed E-state index contributed by atoms with van der Waals surface area (Å²) in [6, 6.07) is 8.40. The zero-order chi connectivity index (χ0) is 27.4. The third kappa shape index (κ3) is 6.70. The summed E-state index contributed by atoms with van der Waals surface area (Å²) in [5, 5.41) is 6.27. The fourth-order valence-corrected chi connectivity index (χ4v) is 4.55. The molecule has 0 aliphatic carbocycles. The van der Waals surface area contributed by atoms with Crippen LogP contribution in [0.1, 0.15) is 56.8 Å². The van der Waals surface area contributed by atoms with E-state index in [1.807, 2.05) is 24.3 Å². The van der Waals surface area contributed by atoms with Gasteiger partial charge in [-0.05, 0) is 64.3 Å². The average Bonchev–Trinajstić information content (AvgIpc) is 2.85. The van der Waals surface area contributed by atoms with Crippen molar-refractivity contribution in [3.63, 3.8) is 0 Å². The van der Waals surface area contributed by atoms with E-state index in [0.717, 1.165) is 24.2 Å². The molecule has 0 bridgehead atoms. The van der Waals surface area contributed by atoms with Crippen molar-refractivity contribution in [3.8, 4) is 0 Å². The molecule has 4 N–H and O–H groups in total. The second kappa shape index (κ2) is 11.2. The number of aromatic nitrogens is 1. The minimum atomic E-state index is -1.38. The van der Waals surface area contributed by atoms with Crippen molar-refractivity contribution in [2.75, 3.05) is 35.2 Å². The lowest BCUT2D eigenvalue weighted by Crippen LogP contribution is -2.51. The summed E-state index contributed by atoms with van der Waals surface area (Å²) in [7, 11) is 0. The first-order valence-electron chi connectivity index (χ1n) is 12.9. The molecule has 2 aliphatic rings. The number of amides is 3. The Morgan fingerprint density at radius 3 is 2.53 bits per heavy atom. The molecule has 11 heteroatoms. The predicted molar refractivity (Wildman–Crippen MR) is 143 cm³/mol. The van der Waals surface area contributed by atoms with Crippen molar-refractivity contribution in [2.24, 2.45) is 5.73 Å². The van der Waals surface area contributed by atoms with Gasteiger partial charge in [0.15, 0.2) is 0 Å².